The summed E-state index contributed by atoms with van der Waals surface area (Å²) in [6.07, 6.45) is 8.04. The second-order valence-electron chi connectivity index (χ2n) is 7.16. The third-order valence-electron chi connectivity index (χ3n) is 4.92. The van der Waals surface area contributed by atoms with Crippen LogP contribution in [0.4, 0.5) is 0 Å². The summed E-state index contributed by atoms with van der Waals surface area (Å²) in [5, 5.41) is 2.96. The van der Waals surface area contributed by atoms with Gasteiger partial charge in [0.25, 0.3) is 5.91 Å². The van der Waals surface area contributed by atoms with Crippen molar-refractivity contribution in [3.05, 3.63) is 27.7 Å². The molecule has 1 N–H and O–H groups in total. The number of rotatable bonds is 11. The quantitative estimate of drug-likeness (QED) is 0.489. The lowest BCUT2D eigenvalue weighted by Crippen LogP contribution is -2.40. The van der Waals surface area contributed by atoms with Gasteiger partial charge in [-0.3, -0.25) is 4.79 Å². The number of carbonyl (C=O) groups is 1. The first kappa shape index (κ1) is 24.4. The largest absolute Gasteiger partial charge is 0.379 e. The van der Waals surface area contributed by atoms with E-state index in [2.05, 4.69) is 12.2 Å². The number of hydrogen-bond acceptors (Lipinski definition) is 4. The predicted octanol–water partition coefficient (Wildman–Crippen LogP) is 4.49. The number of halogens is 2. The molecule has 0 radical (unpaired) electrons. The lowest BCUT2D eigenvalue weighted by Gasteiger charge is -2.26. The monoisotopic (exact) mass is 464 g/mol. The second-order valence-corrected chi connectivity index (χ2v) is 9.88. The minimum atomic E-state index is -3.82. The molecule has 1 aliphatic heterocycles. The Balaban J connectivity index is 1.98. The van der Waals surface area contributed by atoms with Crippen LogP contribution in [-0.4, -0.2) is 51.5 Å². The molecule has 0 spiro atoms. The van der Waals surface area contributed by atoms with Crippen LogP contribution in [0.5, 0.6) is 0 Å². The first-order valence-electron chi connectivity index (χ1n) is 10.2. The first-order valence-corrected chi connectivity index (χ1v) is 12.4. The molecule has 6 nitrogen and oxygen atoms in total. The number of morpholine rings is 1. The molecule has 9 heteroatoms. The molecule has 0 aromatic heterocycles. The van der Waals surface area contributed by atoms with E-state index < -0.39 is 15.9 Å². The van der Waals surface area contributed by atoms with Crippen LogP contribution >= 0.6 is 23.2 Å². The highest BCUT2D eigenvalue weighted by Crippen LogP contribution is 2.31. The van der Waals surface area contributed by atoms with Crippen LogP contribution < -0.4 is 5.32 Å². The van der Waals surface area contributed by atoms with Gasteiger partial charge >= 0.3 is 0 Å². The van der Waals surface area contributed by atoms with Crippen molar-refractivity contribution >= 4 is 39.1 Å². The summed E-state index contributed by atoms with van der Waals surface area (Å²) in [4.78, 5) is 12.4. The van der Waals surface area contributed by atoms with Crippen molar-refractivity contribution in [2.24, 2.45) is 0 Å². The molecule has 29 heavy (non-hydrogen) atoms. The van der Waals surface area contributed by atoms with Crippen molar-refractivity contribution in [2.75, 3.05) is 32.8 Å². The van der Waals surface area contributed by atoms with E-state index in [1.165, 1.54) is 42.1 Å². The van der Waals surface area contributed by atoms with E-state index in [4.69, 9.17) is 27.9 Å². The number of nitrogens with zero attached hydrogens (tertiary/aromatic N) is 1. The summed E-state index contributed by atoms with van der Waals surface area (Å²) in [6, 6.07) is 2.59. The number of ether oxygens (including phenoxy) is 1. The molecule has 2 rings (SSSR count). The van der Waals surface area contributed by atoms with Gasteiger partial charge in [-0.25, -0.2) is 8.42 Å². The van der Waals surface area contributed by atoms with Crippen LogP contribution in [0, 0.1) is 0 Å². The fourth-order valence-corrected chi connectivity index (χ4v) is 5.45. The number of sulfonamides is 1. The summed E-state index contributed by atoms with van der Waals surface area (Å²) in [5.41, 5.74) is 0.117. The molecule has 0 unspecified atom stereocenters. The molecule has 1 heterocycles. The molecule has 0 bridgehead atoms. The van der Waals surface area contributed by atoms with Gasteiger partial charge in [-0.1, -0.05) is 68.7 Å². The Morgan fingerprint density at radius 1 is 1.03 bits per heavy atom. The maximum atomic E-state index is 12.9. The highest BCUT2D eigenvalue weighted by molar-refractivity contribution is 7.89. The maximum Gasteiger partial charge on any atom is 0.252 e. The third kappa shape index (κ3) is 7.10. The highest BCUT2D eigenvalue weighted by atomic mass is 35.5. The molecule has 1 amide bonds. The SMILES string of the molecule is CCCCCCCCCNC(=O)c1cc(S(=O)(=O)N2CCOCC2)c(Cl)cc1Cl. The van der Waals surface area contributed by atoms with E-state index in [1.54, 1.807) is 0 Å². The summed E-state index contributed by atoms with van der Waals surface area (Å²) in [5.74, 6) is -0.393. The van der Waals surface area contributed by atoms with Gasteiger partial charge in [0, 0.05) is 19.6 Å². The molecule has 1 aromatic carbocycles. The van der Waals surface area contributed by atoms with E-state index in [0.717, 1.165) is 19.3 Å². The number of unbranched alkanes of at least 4 members (excludes halogenated alkanes) is 6. The van der Waals surface area contributed by atoms with Crippen LogP contribution in [-0.2, 0) is 14.8 Å². The molecule has 1 saturated heterocycles. The fourth-order valence-electron chi connectivity index (χ4n) is 3.21. The third-order valence-corrected chi connectivity index (χ3v) is 7.60. The molecule has 1 fully saturated rings. The molecule has 164 valence electrons. The standard InChI is InChI=1S/C20H30Cl2N2O4S/c1-2-3-4-5-6-7-8-9-23-20(25)16-14-19(18(22)15-17(16)21)29(26,27)24-10-12-28-13-11-24/h14-15H,2-13H2,1H3,(H,23,25). The van der Waals surface area contributed by atoms with Gasteiger partial charge in [-0.15, -0.1) is 0 Å². The number of amides is 1. The Morgan fingerprint density at radius 3 is 2.31 bits per heavy atom. The van der Waals surface area contributed by atoms with Crippen molar-refractivity contribution in [3.8, 4) is 0 Å². The van der Waals surface area contributed by atoms with Crippen LogP contribution in [0.2, 0.25) is 10.0 Å². The summed E-state index contributed by atoms with van der Waals surface area (Å²) >= 11 is 12.3. The topological polar surface area (TPSA) is 75.7 Å². The van der Waals surface area contributed by atoms with E-state index in [-0.39, 0.29) is 33.6 Å². The molecule has 1 aromatic rings. The molecule has 0 atom stereocenters. The zero-order valence-electron chi connectivity index (χ0n) is 16.9. The zero-order valence-corrected chi connectivity index (χ0v) is 19.2. The number of nitrogens with one attached hydrogen (secondary N) is 1. The van der Waals surface area contributed by atoms with Crippen molar-refractivity contribution in [1.82, 2.24) is 9.62 Å². The Labute approximate surface area is 183 Å². The van der Waals surface area contributed by atoms with Crippen LogP contribution in [0.1, 0.15) is 62.2 Å². The second kappa shape index (κ2) is 12.1. The molecular weight excluding hydrogens is 435 g/mol. The van der Waals surface area contributed by atoms with E-state index in [1.807, 2.05) is 0 Å². The molecule has 1 aliphatic rings. The summed E-state index contributed by atoms with van der Waals surface area (Å²) in [6.45, 7) is 3.88. The van der Waals surface area contributed by atoms with Crippen molar-refractivity contribution in [1.29, 1.82) is 0 Å². The Bertz CT molecular complexity index is 781. The van der Waals surface area contributed by atoms with Crippen LogP contribution in [0.15, 0.2) is 17.0 Å². The van der Waals surface area contributed by atoms with Gasteiger partial charge in [0.05, 0.1) is 28.8 Å². The van der Waals surface area contributed by atoms with E-state index in [9.17, 15) is 13.2 Å². The molecule has 0 saturated carbocycles. The average molecular weight is 465 g/mol. The maximum absolute atomic E-state index is 12.9. The lowest BCUT2D eigenvalue weighted by atomic mass is 10.1. The van der Waals surface area contributed by atoms with Crippen molar-refractivity contribution < 1.29 is 17.9 Å². The minimum Gasteiger partial charge on any atom is -0.379 e. The van der Waals surface area contributed by atoms with Gasteiger partial charge in [-0.05, 0) is 18.6 Å². The predicted molar refractivity (Wildman–Crippen MR) is 116 cm³/mol. The summed E-state index contributed by atoms with van der Waals surface area (Å²) in [7, 11) is -3.82. The van der Waals surface area contributed by atoms with Crippen molar-refractivity contribution in [3.63, 3.8) is 0 Å². The van der Waals surface area contributed by atoms with Gasteiger partial charge in [-0.2, -0.15) is 4.31 Å². The smallest absolute Gasteiger partial charge is 0.252 e. The zero-order chi connectivity index (χ0) is 21.3. The Kier molecular flexibility index (Phi) is 10.2. The number of benzene rings is 1. The Morgan fingerprint density at radius 2 is 1.66 bits per heavy atom. The van der Waals surface area contributed by atoms with Crippen LogP contribution in [0.3, 0.4) is 0 Å². The van der Waals surface area contributed by atoms with Gasteiger partial charge in [0.1, 0.15) is 4.90 Å². The number of hydrogen-bond donors (Lipinski definition) is 1. The first-order chi connectivity index (χ1) is 13.9. The normalized spacial score (nSPS) is 15.4. The van der Waals surface area contributed by atoms with Crippen molar-refractivity contribution in [2.45, 2.75) is 56.8 Å². The van der Waals surface area contributed by atoms with E-state index >= 15 is 0 Å². The number of carbonyl (C=O) groups excluding carboxylic acids is 1. The fraction of sp³-hybridized carbons (Fsp3) is 0.650. The van der Waals surface area contributed by atoms with Crippen LogP contribution in [0.25, 0.3) is 0 Å². The Hall–Kier alpha value is -0.860. The van der Waals surface area contributed by atoms with E-state index in [0.29, 0.717) is 19.8 Å². The lowest BCUT2D eigenvalue weighted by molar-refractivity contribution is 0.0730. The molecule has 0 aliphatic carbocycles. The minimum absolute atomic E-state index is 0.00474. The van der Waals surface area contributed by atoms with Gasteiger partial charge < -0.3 is 10.1 Å². The average Bonchev–Trinajstić information content (AvgIpc) is 2.70. The van der Waals surface area contributed by atoms with Gasteiger partial charge in [0.15, 0.2) is 0 Å². The molecular formula is C20H30Cl2N2O4S. The highest BCUT2D eigenvalue weighted by Gasteiger charge is 2.30. The van der Waals surface area contributed by atoms with Gasteiger partial charge in [0.2, 0.25) is 10.0 Å². The summed E-state index contributed by atoms with van der Waals surface area (Å²) < 4.78 is 32.3.